The summed E-state index contributed by atoms with van der Waals surface area (Å²) in [5.74, 6) is 0. The number of thioether (sulfide) groups is 1. The molecule has 1 atom stereocenters. The Labute approximate surface area is 113 Å². The maximum Gasteiger partial charge on any atom is 0.0454 e. The fourth-order valence-electron chi connectivity index (χ4n) is 1.64. The molecule has 3 heteroatoms. The van der Waals surface area contributed by atoms with Gasteiger partial charge in [-0.15, -0.1) is 23.1 Å². The highest BCUT2D eigenvalue weighted by Gasteiger charge is 2.12. The van der Waals surface area contributed by atoms with Crippen molar-refractivity contribution in [1.82, 2.24) is 0 Å². The van der Waals surface area contributed by atoms with Crippen LogP contribution in [0.25, 0.3) is 0 Å². The van der Waals surface area contributed by atoms with Crippen LogP contribution in [0.4, 0.5) is 0 Å². The third kappa shape index (κ3) is 2.90. The van der Waals surface area contributed by atoms with Crippen molar-refractivity contribution >= 4 is 39.0 Å². The van der Waals surface area contributed by atoms with E-state index in [-0.39, 0.29) is 0 Å². The number of benzene rings is 1. The first-order valence-corrected chi connectivity index (χ1v) is 8.12. The van der Waals surface area contributed by atoms with Crippen LogP contribution in [0.3, 0.4) is 0 Å². The highest BCUT2D eigenvalue weighted by Crippen LogP contribution is 2.34. The second-order valence-corrected chi connectivity index (χ2v) is 6.48. The molecule has 0 N–H and O–H groups in total. The van der Waals surface area contributed by atoms with Gasteiger partial charge in [-0.2, -0.15) is 0 Å². The molecule has 0 saturated heterocycles. The maximum atomic E-state index is 3.79. The Morgan fingerprint density at radius 3 is 2.75 bits per heavy atom. The van der Waals surface area contributed by atoms with Crippen LogP contribution < -0.4 is 0 Å². The van der Waals surface area contributed by atoms with E-state index < -0.39 is 0 Å². The average Bonchev–Trinajstić information content (AvgIpc) is 2.81. The van der Waals surface area contributed by atoms with Gasteiger partial charge in [0, 0.05) is 14.6 Å². The predicted molar refractivity (Wildman–Crippen MR) is 77.9 cm³/mol. The van der Waals surface area contributed by atoms with Gasteiger partial charge in [0.25, 0.3) is 0 Å². The fraction of sp³-hybridized carbons (Fsp3) is 0.231. The third-order valence-corrected chi connectivity index (χ3v) is 4.96. The van der Waals surface area contributed by atoms with E-state index in [4.69, 9.17) is 0 Å². The molecule has 1 heterocycles. The van der Waals surface area contributed by atoms with Crippen molar-refractivity contribution in [3.05, 3.63) is 52.2 Å². The summed E-state index contributed by atoms with van der Waals surface area (Å²) in [6, 6.07) is 12.9. The molecule has 0 nitrogen and oxygen atoms in total. The van der Waals surface area contributed by atoms with Gasteiger partial charge in [0.1, 0.15) is 0 Å². The second-order valence-electron chi connectivity index (χ2n) is 3.49. The molecule has 0 saturated carbocycles. The van der Waals surface area contributed by atoms with Gasteiger partial charge in [-0.05, 0) is 35.8 Å². The lowest BCUT2D eigenvalue weighted by Crippen LogP contribution is -1.95. The Kier molecular flexibility index (Phi) is 4.50. The predicted octanol–water partition coefficient (Wildman–Crippen LogP) is 5.15. The topological polar surface area (TPSA) is 0 Å². The molecule has 0 aliphatic carbocycles. The minimum absolute atomic E-state index is 0.412. The van der Waals surface area contributed by atoms with E-state index in [1.807, 2.05) is 23.1 Å². The third-order valence-electron chi connectivity index (χ3n) is 2.44. The van der Waals surface area contributed by atoms with E-state index in [0.717, 1.165) is 6.42 Å². The summed E-state index contributed by atoms with van der Waals surface area (Å²) in [6.07, 6.45) is 3.19. The van der Waals surface area contributed by atoms with Crippen LogP contribution >= 0.6 is 39.0 Å². The van der Waals surface area contributed by atoms with E-state index in [9.17, 15) is 0 Å². The summed E-state index contributed by atoms with van der Waals surface area (Å²) in [4.78, 5) is 3.20. The zero-order chi connectivity index (χ0) is 11.4. The summed E-state index contributed by atoms with van der Waals surface area (Å²) >= 11 is 7.42. The van der Waals surface area contributed by atoms with Crippen LogP contribution in [0.5, 0.6) is 0 Å². The van der Waals surface area contributed by atoms with Gasteiger partial charge >= 0.3 is 0 Å². The molecule has 2 aromatic rings. The van der Waals surface area contributed by atoms with Crippen LogP contribution in [0.1, 0.15) is 15.3 Å². The van der Waals surface area contributed by atoms with E-state index in [0.29, 0.717) is 4.83 Å². The zero-order valence-corrected chi connectivity index (χ0v) is 12.2. The van der Waals surface area contributed by atoms with E-state index >= 15 is 0 Å². The number of hydrogen-bond donors (Lipinski definition) is 0. The van der Waals surface area contributed by atoms with Gasteiger partial charge in [-0.1, -0.05) is 40.2 Å². The molecule has 1 aromatic carbocycles. The Morgan fingerprint density at radius 1 is 1.25 bits per heavy atom. The fourth-order valence-corrected chi connectivity index (χ4v) is 4.17. The first kappa shape index (κ1) is 12.2. The monoisotopic (exact) mass is 312 g/mol. The largest absolute Gasteiger partial charge is 0.149 e. The van der Waals surface area contributed by atoms with Gasteiger partial charge in [-0.3, -0.25) is 0 Å². The van der Waals surface area contributed by atoms with Crippen molar-refractivity contribution < 1.29 is 0 Å². The Morgan fingerprint density at radius 2 is 2.06 bits per heavy atom. The quantitative estimate of drug-likeness (QED) is 0.556. The molecule has 0 aliphatic heterocycles. The minimum atomic E-state index is 0.412. The van der Waals surface area contributed by atoms with Crippen LogP contribution in [-0.4, -0.2) is 6.26 Å². The molecular formula is C13H13BrS2. The van der Waals surface area contributed by atoms with Crippen LogP contribution in [0.15, 0.2) is 46.7 Å². The van der Waals surface area contributed by atoms with Crippen LogP contribution in [0.2, 0.25) is 0 Å². The molecule has 16 heavy (non-hydrogen) atoms. The van der Waals surface area contributed by atoms with E-state index in [2.05, 4.69) is 64.0 Å². The van der Waals surface area contributed by atoms with E-state index in [1.54, 1.807) is 0 Å². The molecule has 0 fully saturated rings. The zero-order valence-electron chi connectivity index (χ0n) is 9.02. The molecule has 1 aromatic heterocycles. The van der Waals surface area contributed by atoms with Crippen LogP contribution in [-0.2, 0) is 6.42 Å². The molecule has 84 valence electrons. The normalized spacial score (nSPS) is 12.6. The smallest absolute Gasteiger partial charge is 0.0454 e. The molecule has 0 amide bonds. The highest BCUT2D eigenvalue weighted by atomic mass is 79.9. The van der Waals surface area contributed by atoms with Gasteiger partial charge < -0.3 is 0 Å². The standard InChI is InChI=1S/C13H13BrS2/c1-15-13-7-3-2-6-11(13)12(14)9-10-5-4-8-16-10/h2-8,12H,9H2,1H3. The summed E-state index contributed by atoms with van der Waals surface area (Å²) in [5.41, 5.74) is 1.39. The summed E-state index contributed by atoms with van der Waals surface area (Å²) in [5, 5.41) is 2.13. The first-order chi connectivity index (χ1) is 7.81. The minimum Gasteiger partial charge on any atom is -0.149 e. The van der Waals surface area contributed by atoms with Gasteiger partial charge in [0.05, 0.1) is 0 Å². The molecule has 0 aliphatic rings. The Hall–Kier alpha value is -0.250. The maximum absolute atomic E-state index is 3.79. The number of rotatable bonds is 4. The van der Waals surface area contributed by atoms with Gasteiger partial charge in [0.2, 0.25) is 0 Å². The molecule has 2 rings (SSSR count). The van der Waals surface area contributed by atoms with Crippen molar-refractivity contribution in [3.8, 4) is 0 Å². The second kappa shape index (κ2) is 5.89. The summed E-state index contributed by atoms with van der Waals surface area (Å²) in [6.45, 7) is 0. The van der Waals surface area contributed by atoms with Gasteiger partial charge in [-0.25, -0.2) is 0 Å². The lowest BCUT2D eigenvalue weighted by atomic mass is 10.1. The molecule has 0 bridgehead atoms. The Bertz CT molecular complexity index is 437. The average molecular weight is 313 g/mol. The van der Waals surface area contributed by atoms with Crippen LogP contribution in [0, 0.1) is 0 Å². The molecular weight excluding hydrogens is 300 g/mol. The van der Waals surface area contributed by atoms with Crippen molar-refractivity contribution in [3.63, 3.8) is 0 Å². The lowest BCUT2D eigenvalue weighted by Gasteiger charge is -2.12. The SMILES string of the molecule is CSc1ccccc1C(Br)Cc1cccs1. The summed E-state index contributed by atoms with van der Waals surface area (Å²) in [7, 11) is 0. The number of alkyl halides is 1. The van der Waals surface area contributed by atoms with E-state index in [1.165, 1.54) is 15.3 Å². The Balaban J connectivity index is 2.17. The van der Waals surface area contributed by atoms with Crippen molar-refractivity contribution in [1.29, 1.82) is 0 Å². The first-order valence-electron chi connectivity index (χ1n) is 5.10. The van der Waals surface area contributed by atoms with Crippen molar-refractivity contribution in [2.24, 2.45) is 0 Å². The summed E-state index contributed by atoms with van der Waals surface area (Å²) < 4.78 is 0. The number of thiophene rings is 1. The number of halogens is 1. The lowest BCUT2D eigenvalue weighted by molar-refractivity contribution is 0.942. The molecule has 1 unspecified atom stereocenters. The van der Waals surface area contributed by atoms with Crippen molar-refractivity contribution in [2.45, 2.75) is 16.1 Å². The van der Waals surface area contributed by atoms with Crippen molar-refractivity contribution in [2.75, 3.05) is 6.26 Å². The number of hydrogen-bond acceptors (Lipinski definition) is 2. The highest BCUT2D eigenvalue weighted by molar-refractivity contribution is 9.09. The van der Waals surface area contributed by atoms with Gasteiger partial charge in [0.15, 0.2) is 0 Å². The molecule has 0 radical (unpaired) electrons. The molecule has 0 spiro atoms.